The van der Waals surface area contributed by atoms with Crippen molar-refractivity contribution in [1.29, 1.82) is 0 Å². The highest BCUT2D eigenvalue weighted by Crippen LogP contribution is 2.32. The molecule has 0 radical (unpaired) electrons. The number of fused-ring (bicyclic) bond motifs is 1. The third kappa shape index (κ3) is 4.03. The number of hydrogen-bond donors (Lipinski definition) is 1. The number of carbonyl (C=O) groups excluding carboxylic acids is 1. The maximum atomic E-state index is 12.0. The molecule has 2 aromatic carbocycles. The zero-order valence-electron chi connectivity index (χ0n) is 13.3. The van der Waals surface area contributed by atoms with E-state index in [9.17, 15) is 4.79 Å². The first kappa shape index (κ1) is 15.4. The quantitative estimate of drug-likeness (QED) is 0.923. The van der Waals surface area contributed by atoms with Crippen molar-refractivity contribution in [3.63, 3.8) is 0 Å². The van der Waals surface area contributed by atoms with Crippen molar-refractivity contribution < 1.29 is 14.3 Å². The number of nitrogens with one attached hydrogen (secondary N) is 1. The molecule has 0 unspecified atom stereocenters. The monoisotopic (exact) mass is 311 g/mol. The van der Waals surface area contributed by atoms with Crippen molar-refractivity contribution in [2.24, 2.45) is 0 Å². The number of aryl methyl sites for hydroxylation is 2. The van der Waals surface area contributed by atoms with Crippen molar-refractivity contribution in [2.75, 3.05) is 13.2 Å². The lowest BCUT2D eigenvalue weighted by Crippen LogP contribution is -2.24. The molecule has 3 rings (SSSR count). The van der Waals surface area contributed by atoms with Crippen LogP contribution >= 0.6 is 0 Å². The van der Waals surface area contributed by atoms with Crippen LogP contribution in [0.3, 0.4) is 0 Å². The number of carbonyl (C=O) groups is 1. The molecule has 0 atom stereocenters. The highest BCUT2D eigenvalue weighted by Gasteiger charge is 2.14. The van der Waals surface area contributed by atoms with Crippen LogP contribution in [0.5, 0.6) is 11.5 Å². The van der Waals surface area contributed by atoms with Gasteiger partial charge < -0.3 is 14.8 Å². The first-order chi connectivity index (χ1) is 11.2. The van der Waals surface area contributed by atoms with Crippen LogP contribution in [0.1, 0.15) is 23.1 Å². The van der Waals surface area contributed by atoms with Crippen LogP contribution in [0, 0.1) is 6.92 Å². The van der Waals surface area contributed by atoms with Gasteiger partial charge in [-0.05, 0) is 42.2 Å². The van der Waals surface area contributed by atoms with E-state index in [0.717, 1.165) is 29.0 Å². The van der Waals surface area contributed by atoms with Gasteiger partial charge in [0.25, 0.3) is 0 Å². The van der Waals surface area contributed by atoms with Crippen molar-refractivity contribution in [3.05, 3.63) is 59.2 Å². The Hall–Kier alpha value is -2.49. The minimum Gasteiger partial charge on any atom is -0.486 e. The molecular formula is C19H21NO3. The Morgan fingerprint density at radius 3 is 2.52 bits per heavy atom. The second-order valence-corrected chi connectivity index (χ2v) is 5.68. The Morgan fingerprint density at radius 1 is 1.09 bits per heavy atom. The third-order valence-electron chi connectivity index (χ3n) is 3.96. The molecule has 4 nitrogen and oxygen atoms in total. The lowest BCUT2D eigenvalue weighted by Gasteiger charge is -2.20. The van der Waals surface area contributed by atoms with Crippen molar-refractivity contribution in [1.82, 2.24) is 5.32 Å². The predicted octanol–water partition coefficient (Wildman–Crippen LogP) is 3.02. The second-order valence-electron chi connectivity index (χ2n) is 5.68. The van der Waals surface area contributed by atoms with Gasteiger partial charge in [0.2, 0.25) is 5.91 Å². The lowest BCUT2D eigenvalue weighted by molar-refractivity contribution is -0.121. The van der Waals surface area contributed by atoms with Crippen LogP contribution in [0.15, 0.2) is 42.5 Å². The minimum absolute atomic E-state index is 0.0585. The van der Waals surface area contributed by atoms with E-state index >= 15 is 0 Å². The van der Waals surface area contributed by atoms with E-state index < -0.39 is 0 Å². The molecule has 0 bridgehead atoms. The molecule has 0 saturated carbocycles. The van der Waals surface area contributed by atoms with Crippen LogP contribution in [0.2, 0.25) is 0 Å². The fourth-order valence-electron chi connectivity index (χ4n) is 2.61. The number of rotatable bonds is 5. The Kier molecular flexibility index (Phi) is 4.81. The van der Waals surface area contributed by atoms with Crippen LogP contribution < -0.4 is 14.8 Å². The normalized spacial score (nSPS) is 12.7. The summed E-state index contributed by atoms with van der Waals surface area (Å²) in [4.78, 5) is 12.0. The standard InChI is InChI=1S/C19H21NO3/c1-14-11-17-18(23-10-9-22-17)12-16(14)13-20-19(21)8-7-15-5-3-2-4-6-15/h2-6,11-12H,7-10,13H2,1H3,(H,20,21). The smallest absolute Gasteiger partial charge is 0.220 e. The topological polar surface area (TPSA) is 47.6 Å². The van der Waals surface area contributed by atoms with Gasteiger partial charge in [-0.2, -0.15) is 0 Å². The van der Waals surface area contributed by atoms with Crippen molar-refractivity contribution in [3.8, 4) is 11.5 Å². The molecule has 0 spiro atoms. The fraction of sp³-hybridized carbons (Fsp3) is 0.316. The number of benzene rings is 2. The lowest BCUT2D eigenvalue weighted by atomic mass is 10.1. The van der Waals surface area contributed by atoms with Gasteiger partial charge in [0.15, 0.2) is 11.5 Å². The molecule has 1 heterocycles. The summed E-state index contributed by atoms with van der Waals surface area (Å²) in [5.41, 5.74) is 3.33. The van der Waals surface area contributed by atoms with Crippen molar-refractivity contribution in [2.45, 2.75) is 26.3 Å². The zero-order chi connectivity index (χ0) is 16.1. The molecule has 1 aliphatic rings. The van der Waals surface area contributed by atoms with E-state index in [-0.39, 0.29) is 5.91 Å². The molecule has 0 saturated heterocycles. The Balaban J connectivity index is 1.54. The molecule has 1 amide bonds. The second kappa shape index (κ2) is 7.18. The summed E-state index contributed by atoms with van der Waals surface area (Å²) in [6.07, 6.45) is 1.25. The first-order valence-corrected chi connectivity index (χ1v) is 7.92. The summed E-state index contributed by atoms with van der Waals surface area (Å²) in [6, 6.07) is 14.0. The summed E-state index contributed by atoms with van der Waals surface area (Å²) in [5.74, 6) is 1.60. The first-order valence-electron chi connectivity index (χ1n) is 7.92. The molecular weight excluding hydrogens is 290 g/mol. The minimum atomic E-state index is 0.0585. The molecule has 0 aliphatic carbocycles. The van der Waals surface area contributed by atoms with Gasteiger partial charge >= 0.3 is 0 Å². The molecule has 2 aromatic rings. The highest BCUT2D eigenvalue weighted by atomic mass is 16.6. The zero-order valence-corrected chi connectivity index (χ0v) is 13.3. The van der Waals surface area contributed by atoms with Crippen LogP contribution in [-0.2, 0) is 17.8 Å². The molecule has 4 heteroatoms. The average Bonchev–Trinajstić information content (AvgIpc) is 2.59. The Labute approximate surface area is 136 Å². The summed E-state index contributed by atoms with van der Waals surface area (Å²) >= 11 is 0. The summed E-state index contributed by atoms with van der Waals surface area (Å²) in [6.45, 7) is 3.68. The Bertz CT molecular complexity index is 683. The largest absolute Gasteiger partial charge is 0.486 e. The Morgan fingerprint density at radius 2 is 1.78 bits per heavy atom. The molecule has 1 aliphatic heterocycles. The van der Waals surface area contributed by atoms with E-state index in [1.807, 2.05) is 49.4 Å². The molecule has 0 aromatic heterocycles. The summed E-state index contributed by atoms with van der Waals surface area (Å²) in [5, 5.41) is 2.98. The number of hydrogen-bond acceptors (Lipinski definition) is 3. The maximum absolute atomic E-state index is 12.0. The molecule has 1 N–H and O–H groups in total. The van der Waals surface area contributed by atoms with Crippen LogP contribution in [0.25, 0.3) is 0 Å². The SMILES string of the molecule is Cc1cc2c(cc1CNC(=O)CCc1ccccc1)OCCO2. The van der Waals surface area contributed by atoms with Gasteiger partial charge in [-0.25, -0.2) is 0 Å². The number of amides is 1. The summed E-state index contributed by atoms with van der Waals surface area (Å²) in [7, 11) is 0. The van der Waals surface area contributed by atoms with Gasteiger partial charge in [0.1, 0.15) is 13.2 Å². The molecule has 0 fully saturated rings. The van der Waals surface area contributed by atoms with Crippen LogP contribution in [-0.4, -0.2) is 19.1 Å². The maximum Gasteiger partial charge on any atom is 0.220 e. The van der Waals surface area contributed by atoms with Gasteiger partial charge in [-0.3, -0.25) is 4.79 Å². The van der Waals surface area contributed by atoms with Crippen molar-refractivity contribution >= 4 is 5.91 Å². The van der Waals surface area contributed by atoms with Gasteiger partial charge in [-0.1, -0.05) is 30.3 Å². The van der Waals surface area contributed by atoms with Crippen LogP contribution in [0.4, 0.5) is 0 Å². The van der Waals surface area contributed by atoms with Gasteiger partial charge in [0, 0.05) is 13.0 Å². The van der Waals surface area contributed by atoms with Gasteiger partial charge in [-0.15, -0.1) is 0 Å². The van der Waals surface area contributed by atoms with E-state index in [0.29, 0.717) is 26.2 Å². The van der Waals surface area contributed by atoms with E-state index in [1.54, 1.807) is 0 Å². The molecule has 120 valence electrons. The predicted molar refractivity (Wildman–Crippen MR) is 88.8 cm³/mol. The molecule has 23 heavy (non-hydrogen) atoms. The average molecular weight is 311 g/mol. The fourth-order valence-corrected chi connectivity index (χ4v) is 2.61. The number of ether oxygens (including phenoxy) is 2. The van der Waals surface area contributed by atoms with Gasteiger partial charge in [0.05, 0.1) is 0 Å². The third-order valence-corrected chi connectivity index (χ3v) is 3.96. The van der Waals surface area contributed by atoms with E-state index in [2.05, 4.69) is 5.32 Å². The highest BCUT2D eigenvalue weighted by molar-refractivity contribution is 5.76. The van der Waals surface area contributed by atoms with E-state index in [1.165, 1.54) is 5.56 Å². The summed E-state index contributed by atoms with van der Waals surface area (Å²) < 4.78 is 11.2. The van der Waals surface area contributed by atoms with E-state index in [4.69, 9.17) is 9.47 Å².